The van der Waals surface area contributed by atoms with Crippen molar-refractivity contribution in [2.24, 2.45) is 0 Å². The van der Waals surface area contributed by atoms with Crippen LogP contribution >= 0.6 is 0 Å². The second kappa shape index (κ2) is 5.23. The van der Waals surface area contributed by atoms with Gasteiger partial charge in [-0.3, -0.25) is 0 Å². The standard InChI is InChI=1S/C20H17NOSe/c1-20(2)15-7-3-5-9-17(15)21(18-10-6-4-8-16(18)20)19-12-11-14(13-22)23-19/h3-13H,1-2H3/i13D. The second-order valence-electron chi connectivity index (χ2n) is 6.23. The van der Waals surface area contributed by atoms with Gasteiger partial charge in [0.2, 0.25) is 0 Å². The van der Waals surface area contributed by atoms with E-state index in [-0.39, 0.29) is 19.9 Å². The van der Waals surface area contributed by atoms with Crippen molar-refractivity contribution in [1.82, 2.24) is 0 Å². The molecule has 23 heavy (non-hydrogen) atoms. The van der Waals surface area contributed by atoms with E-state index in [1.165, 1.54) is 22.5 Å². The first-order chi connectivity index (χ1) is 11.5. The van der Waals surface area contributed by atoms with Crippen LogP contribution in [0.15, 0.2) is 60.7 Å². The average Bonchev–Trinajstić information content (AvgIpc) is 3.05. The van der Waals surface area contributed by atoms with Gasteiger partial charge in [0.25, 0.3) is 0 Å². The molecule has 3 aromatic rings. The first-order valence-electron chi connectivity index (χ1n) is 8.10. The number of rotatable bonds is 2. The Labute approximate surface area is 143 Å². The van der Waals surface area contributed by atoms with Gasteiger partial charge in [-0.1, -0.05) is 0 Å². The van der Waals surface area contributed by atoms with Crippen molar-refractivity contribution in [2.45, 2.75) is 19.3 Å². The number of para-hydroxylation sites is 2. The third-order valence-corrected chi connectivity index (χ3v) is 6.58. The third kappa shape index (κ3) is 2.12. The van der Waals surface area contributed by atoms with Gasteiger partial charge in [0.05, 0.1) is 0 Å². The molecule has 1 aromatic heterocycles. The summed E-state index contributed by atoms with van der Waals surface area (Å²) in [6.45, 7) is 4.51. The summed E-state index contributed by atoms with van der Waals surface area (Å²) < 4.78 is 9.10. The Morgan fingerprint density at radius 1 is 0.957 bits per heavy atom. The number of benzene rings is 2. The molecule has 0 atom stereocenters. The summed E-state index contributed by atoms with van der Waals surface area (Å²) in [5.74, 6) is 0. The SMILES string of the molecule is [2H]C(=O)c1ccc(N2c3ccccc3C(C)(C)c3ccccc32)[se]1. The van der Waals surface area contributed by atoms with Crippen LogP contribution in [-0.2, 0) is 5.41 Å². The van der Waals surface area contributed by atoms with Crippen LogP contribution in [0.5, 0.6) is 0 Å². The van der Waals surface area contributed by atoms with Gasteiger partial charge in [0.15, 0.2) is 0 Å². The predicted octanol–water partition coefficient (Wildman–Crippen LogP) is 4.67. The normalized spacial score (nSPS) is 15.6. The molecule has 4 rings (SSSR count). The summed E-state index contributed by atoms with van der Waals surface area (Å²) in [7, 11) is 0. The van der Waals surface area contributed by atoms with Crippen molar-refractivity contribution in [3.05, 3.63) is 76.2 Å². The van der Waals surface area contributed by atoms with Crippen molar-refractivity contribution in [1.29, 1.82) is 0 Å². The van der Waals surface area contributed by atoms with E-state index < -0.39 is 6.26 Å². The number of carbonyl (C=O) groups is 1. The van der Waals surface area contributed by atoms with Crippen molar-refractivity contribution in [3.63, 3.8) is 0 Å². The molecule has 2 nitrogen and oxygen atoms in total. The van der Waals surface area contributed by atoms with E-state index in [1.54, 1.807) is 6.07 Å². The predicted molar refractivity (Wildman–Crippen MR) is 95.6 cm³/mol. The quantitative estimate of drug-likeness (QED) is 0.485. The molecule has 114 valence electrons. The van der Waals surface area contributed by atoms with Gasteiger partial charge in [-0.25, -0.2) is 0 Å². The molecule has 3 heteroatoms. The minimum absolute atomic E-state index is 0.0721. The van der Waals surface area contributed by atoms with Gasteiger partial charge in [-0.2, -0.15) is 0 Å². The van der Waals surface area contributed by atoms with Crippen LogP contribution in [0.2, 0.25) is 0 Å². The van der Waals surface area contributed by atoms with Gasteiger partial charge in [-0.15, -0.1) is 0 Å². The molecular formula is C20H17NOSe. The maximum absolute atomic E-state index is 11.4. The number of fused-ring (bicyclic) bond motifs is 2. The Balaban J connectivity index is 1.99. The van der Waals surface area contributed by atoms with E-state index in [1.807, 2.05) is 6.07 Å². The fraction of sp³-hybridized carbons (Fsp3) is 0.150. The number of nitrogens with zero attached hydrogens (tertiary/aromatic N) is 1. The maximum atomic E-state index is 11.4. The molecule has 0 N–H and O–H groups in total. The number of hydrogen-bond acceptors (Lipinski definition) is 2. The monoisotopic (exact) mass is 368 g/mol. The first kappa shape index (κ1) is 13.4. The Hall–Kier alpha value is -2.09. The van der Waals surface area contributed by atoms with E-state index in [2.05, 4.69) is 67.3 Å². The Morgan fingerprint density at radius 2 is 1.52 bits per heavy atom. The third-order valence-electron chi connectivity index (χ3n) is 4.55. The topological polar surface area (TPSA) is 20.3 Å². The molecule has 0 saturated heterocycles. The van der Waals surface area contributed by atoms with Gasteiger partial charge in [0.1, 0.15) is 0 Å². The molecule has 2 heterocycles. The molecule has 0 saturated carbocycles. The average molecular weight is 367 g/mol. The summed E-state index contributed by atoms with van der Waals surface area (Å²) in [5.41, 5.74) is 4.83. The van der Waals surface area contributed by atoms with Crippen LogP contribution in [0.4, 0.5) is 15.9 Å². The van der Waals surface area contributed by atoms with Crippen molar-refractivity contribution < 1.29 is 6.17 Å². The summed E-state index contributed by atoms with van der Waals surface area (Å²) >= 11 is -0.138. The van der Waals surface area contributed by atoms with Crippen LogP contribution in [-0.4, -0.2) is 20.8 Å². The Kier molecular flexibility index (Phi) is 3.03. The van der Waals surface area contributed by atoms with Crippen molar-refractivity contribution in [3.8, 4) is 0 Å². The summed E-state index contributed by atoms with van der Waals surface area (Å²) in [5, 5.41) is 0. The fourth-order valence-electron chi connectivity index (χ4n) is 3.41. The molecule has 0 fully saturated rings. The number of anilines is 3. The Bertz CT molecular complexity index is 895. The van der Waals surface area contributed by atoms with Crippen molar-refractivity contribution in [2.75, 3.05) is 4.90 Å². The van der Waals surface area contributed by atoms with E-state index in [0.29, 0.717) is 4.44 Å². The zero-order valence-electron chi connectivity index (χ0n) is 14.0. The molecule has 2 aromatic carbocycles. The number of hydrogen-bond donors (Lipinski definition) is 0. The summed E-state index contributed by atoms with van der Waals surface area (Å²) in [4.78, 5) is 13.7. The van der Waals surface area contributed by atoms with Gasteiger partial charge in [-0.05, 0) is 0 Å². The number of aldehydes is 1. The molecule has 1 aliphatic rings. The first-order valence-corrected chi connectivity index (χ1v) is 9.31. The Morgan fingerprint density at radius 3 is 2.04 bits per heavy atom. The molecule has 0 aliphatic carbocycles. The molecule has 0 amide bonds. The van der Waals surface area contributed by atoms with Gasteiger partial charge in [0, 0.05) is 0 Å². The molecule has 0 spiro atoms. The van der Waals surface area contributed by atoms with Crippen molar-refractivity contribution >= 4 is 36.7 Å². The van der Waals surface area contributed by atoms with E-state index >= 15 is 0 Å². The van der Waals surface area contributed by atoms with E-state index in [9.17, 15) is 4.79 Å². The molecular weight excluding hydrogens is 349 g/mol. The molecule has 0 bridgehead atoms. The van der Waals surface area contributed by atoms with Gasteiger partial charge < -0.3 is 0 Å². The van der Waals surface area contributed by atoms with Crippen LogP contribution < -0.4 is 4.90 Å². The second-order valence-corrected chi connectivity index (χ2v) is 8.46. The molecule has 0 radical (unpaired) electrons. The van der Waals surface area contributed by atoms with E-state index in [0.717, 1.165) is 4.56 Å². The van der Waals surface area contributed by atoms with E-state index in [4.69, 9.17) is 1.37 Å². The van der Waals surface area contributed by atoms with Crippen LogP contribution in [0, 0.1) is 0 Å². The fourth-order valence-corrected chi connectivity index (χ4v) is 5.14. The molecule has 0 unspecified atom stereocenters. The summed E-state index contributed by atoms with van der Waals surface area (Å²) in [6, 6.07) is 20.7. The minimum atomic E-state index is -0.569. The van der Waals surface area contributed by atoms with Crippen LogP contribution in [0.3, 0.4) is 0 Å². The number of carbonyl (C=O) groups excluding carboxylic acids is 1. The summed E-state index contributed by atoms with van der Waals surface area (Å²) in [6.07, 6.45) is -0.569. The van der Waals surface area contributed by atoms with Gasteiger partial charge >= 0.3 is 143 Å². The molecule has 1 aliphatic heterocycles. The zero-order valence-corrected chi connectivity index (χ0v) is 14.8. The van der Waals surface area contributed by atoms with Crippen LogP contribution in [0.25, 0.3) is 0 Å². The zero-order chi connectivity index (χ0) is 16.9. The van der Waals surface area contributed by atoms with Crippen LogP contribution in [0.1, 0.15) is 35.6 Å².